The lowest BCUT2D eigenvalue weighted by Gasteiger charge is -2.32. The van der Waals surface area contributed by atoms with E-state index in [0.29, 0.717) is 19.4 Å². The van der Waals surface area contributed by atoms with Crippen molar-refractivity contribution in [1.29, 1.82) is 0 Å². The van der Waals surface area contributed by atoms with Gasteiger partial charge in [-0.2, -0.15) is 0 Å². The van der Waals surface area contributed by atoms with Crippen LogP contribution in [0.25, 0.3) is 0 Å². The first-order valence-corrected chi connectivity index (χ1v) is 9.70. The Morgan fingerprint density at radius 2 is 2.00 bits per heavy atom. The van der Waals surface area contributed by atoms with Gasteiger partial charge in [0, 0.05) is 44.7 Å². The second kappa shape index (κ2) is 10.6. The number of piperidine rings is 1. The molecule has 2 amide bonds. The van der Waals surface area contributed by atoms with Gasteiger partial charge in [-0.15, -0.1) is 0 Å². The van der Waals surface area contributed by atoms with E-state index in [1.807, 2.05) is 25.1 Å². The molecule has 0 radical (unpaired) electrons. The van der Waals surface area contributed by atoms with Gasteiger partial charge in [-0.05, 0) is 49.4 Å². The van der Waals surface area contributed by atoms with Crippen molar-refractivity contribution in [2.75, 3.05) is 25.0 Å². The predicted octanol–water partition coefficient (Wildman–Crippen LogP) is 1.46. The summed E-state index contributed by atoms with van der Waals surface area (Å²) in [7, 11) is 1.52. The Morgan fingerprint density at radius 1 is 1.29 bits per heavy atom. The topological polar surface area (TPSA) is 86.8 Å². The Kier molecular flexibility index (Phi) is 8.17. The average Bonchev–Trinajstić information content (AvgIpc) is 2.74. The quantitative estimate of drug-likeness (QED) is 0.614. The van der Waals surface area contributed by atoms with Gasteiger partial charge in [0.05, 0.1) is 0 Å². The number of carbonyl (C=O) groups is 4. The molecular weight excluding hydrogens is 358 g/mol. The zero-order chi connectivity index (χ0) is 20.5. The fraction of sp³-hybridized carbons (Fsp3) is 0.524. The maximum atomic E-state index is 12.2. The van der Waals surface area contributed by atoms with Crippen LogP contribution in [0.5, 0.6) is 0 Å². The van der Waals surface area contributed by atoms with Crippen molar-refractivity contribution in [3.63, 3.8) is 0 Å². The molecule has 1 heterocycles. The van der Waals surface area contributed by atoms with Crippen molar-refractivity contribution in [1.82, 2.24) is 10.2 Å². The summed E-state index contributed by atoms with van der Waals surface area (Å²) in [5, 5.41) is 2.57. The van der Waals surface area contributed by atoms with Crippen molar-refractivity contribution < 1.29 is 19.2 Å². The molecule has 1 aliphatic heterocycles. The number of likely N-dealkylation sites (N-methyl/N-ethyl adjacent to an activating group) is 1. The van der Waals surface area contributed by atoms with E-state index in [1.165, 1.54) is 11.9 Å². The van der Waals surface area contributed by atoms with Gasteiger partial charge in [0.15, 0.2) is 0 Å². The molecule has 1 N–H and O–H groups in total. The number of amides is 2. The number of anilines is 1. The van der Waals surface area contributed by atoms with Crippen LogP contribution >= 0.6 is 0 Å². The summed E-state index contributed by atoms with van der Waals surface area (Å²) in [5.41, 5.74) is 3.05. The molecule has 28 heavy (non-hydrogen) atoms. The minimum Gasteiger partial charge on any atom is -0.371 e. The van der Waals surface area contributed by atoms with E-state index < -0.39 is 6.04 Å². The van der Waals surface area contributed by atoms with Gasteiger partial charge < -0.3 is 24.7 Å². The first kappa shape index (κ1) is 21.6. The van der Waals surface area contributed by atoms with E-state index in [0.717, 1.165) is 55.3 Å². The molecule has 0 saturated carbocycles. The monoisotopic (exact) mass is 387 g/mol. The molecule has 1 unspecified atom stereocenters. The Labute approximate surface area is 166 Å². The lowest BCUT2D eigenvalue weighted by Crippen LogP contribution is -2.45. The van der Waals surface area contributed by atoms with Crippen LogP contribution in [0.2, 0.25) is 0 Å². The highest BCUT2D eigenvalue weighted by Gasteiger charge is 2.25. The van der Waals surface area contributed by atoms with Crippen LogP contribution in [-0.2, 0) is 25.7 Å². The van der Waals surface area contributed by atoms with Crippen LogP contribution < -0.4 is 10.2 Å². The zero-order valence-electron chi connectivity index (χ0n) is 16.6. The number of nitrogens with zero attached hydrogens (tertiary/aromatic N) is 2. The fourth-order valence-corrected chi connectivity index (χ4v) is 3.58. The van der Waals surface area contributed by atoms with E-state index >= 15 is 0 Å². The molecule has 0 aromatic heterocycles. The van der Waals surface area contributed by atoms with Crippen molar-refractivity contribution in [2.45, 2.75) is 45.2 Å². The third kappa shape index (κ3) is 5.41. The Morgan fingerprint density at radius 3 is 2.57 bits per heavy atom. The van der Waals surface area contributed by atoms with Gasteiger partial charge >= 0.3 is 0 Å². The molecule has 152 valence electrons. The Hall–Kier alpha value is -2.70. The normalized spacial score (nSPS) is 15.6. The number of benzene rings is 1. The Bertz CT molecular complexity index is 699. The van der Waals surface area contributed by atoms with Crippen molar-refractivity contribution in [2.24, 2.45) is 5.92 Å². The predicted molar refractivity (Wildman–Crippen MR) is 107 cm³/mol. The zero-order valence-corrected chi connectivity index (χ0v) is 16.6. The van der Waals surface area contributed by atoms with E-state index in [1.54, 1.807) is 0 Å². The molecule has 1 aliphatic rings. The van der Waals surface area contributed by atoms with Crippen LogP contribution in [0.15, 0.2) is 18.2 Å². The highest BCUT2D eigenvalue weighted by Crippen LogP contribution is 2.25. The highest BCUT2D eigenvalue weighted by molar-refractivity contribution is 5.83. The summed E-state index contributed by atoms with van der Waals surface area (Å²) in [4.78, 5) is 49.3. The average molecular weight is 387 g/mol. The smallest absolute Gasteiger partial charge is 0.242 e. The molecule has 0 spiro atoms. The standard InChI is InChI=1S/C21H29N3O4/c1-16-5-6-19(23-9-7-17(14-26)8-10-23)12-18(16)13-24(15-27)20(4-3-11-25)21(28)22-2/h5-6,11-12,14-15,17,20H,3-4,7-10,13H2,1-2H3,(H,22,28). The number of nitrogens with one attached hydrogen (secondary N) is 1. The summed E-state index contributed by atoms with van der Waals surface area (Å²) >= 11 is 0. The van der Waals surface area contributed by atoms with Crippen LogP contribution in [0, 0.1) is 12.8 Å². The van der Waals surface area contributed by atoms with Gasteiger partial charge in [0.1, 0.15) is 18.6 Å². The second-order valence-electron chi connectivity index (χ2n) is 7.22. The molecule has 1 aromatic carbocycles. The summed E-state index contributed by atoms with van der Waals surface area (Å²) in [5.74, 6) is -0.142. The van der Waals surface area contributed by atoms with Gasteiger partial charge in [-0.1, -0.05) is 6.07 Å². The summed E-state index contributed by atoms with van der Waals surface area (Å²) in [6.07, 6.45) is 4.67. The molecular formula is C21H29N3O4. The number of carbonyl (C=O) groups excluding carboxylic acids is 4. The molecule has 1 aromatic rings. The van der Waals surface area contributed by atoms with Crippen LogP contribution in [0.1, 0.15) is 36.8 Å². The molecule has 2 rings (SSSR count). The first-order chi connectivity index (χ1) is 13.5. The number of hydrogen-bond acceptors (Lipinski definition) is 5. The number of aldehydes is 2. The SMILES string of the molecule is CNC(=O)C(CCC=O)N(C=O)Cc1cc(N2CCC(C=O)CC2)ccc1C. The largest absolute Gasteiger partial charge is 0.371 e. The van der Waals surface area contributed by atoms with Gasteiger partial charge in [-0.3, -0.25) is 9.59 Å². The summed E-state index contributed by atoms with van der Waals surface area (Å²) in [6.45, 7) is 3.92. The van der Waals surface area contributed by atoms with Crippen molar-refractivity contribution >= 4 is 30.6 Å². The number of hydrogen-bond donors (Lipinski definition) is 1. The fourth-order valence-electron chi connectivity index (χ4n) is 3.58. The van der Waals surface area contributed by atoms with Crippen LogP contribution in [-0.4, -0.2) is 56.0 Å². The maximum absolute atomic E-state index is 12.2. The molecule has 1 saturated heterocycles. The third-order valence-corrected chi connectivity index (χ3v) is 5.43. The third-order valence-electron chi connectivity index (χ3n) is 5.43. The second-order valence-corrected chi connectivity index (χ2v) is 7.22. The van der Waals surface area contributed by atoms with E-state index in [2.05, 4.69) is 10.2 Å². The molecule has 7 heteroatoms. The van der Waals surface area contributed by atoms with Gasteiger partial charge in [0.25, 0.3) is 0 Å². The highest BCUT2D eigenvalue weighted by atomic mass is 16.2. The van der Waals surface area contributed by atoms with E-state index in [-0.39, 0.29) is 18.2 Å². The van der Waals surface area contributed by atoms with Crippen molar-refractivity contribution in [3.05, 3.63) is 29.3 Å². The van der Waals surface area contributed by atoms with Crippen molar-refractivity contribution in [3.8, 4) is 0 Å². The van der Waals surface area contributed by atoms with Crippen LogP contribution in [0.3, 0.4) is 0 Å². The molecule has 1 atom stereocenters. The summed E-state index contributed by atoms with van der Waals surface area (Å²) < 4.78 is 0. The van der Waals surface area contributed by atoms with E-state index in [4.69, 9.17) is 0 Å². The van der Waals surface area contributed by atoms with Gasteiger partial charge in [-0.25, -0.2) is 0 Å². The maximum Gasteiger partial charge on any atom is 0.242 e. The Balaban J connectivity index is 2.18. The van der Waals surface area contributed by atoms with E-state index in [9.17, 15) is 19.2 Å². The first-order valence-electron chi connectivity index (χ1n) is 9.70. The minimum atomic E-state index is -0.681. The minimum absolute atomic E-state index is 0.137. The molecule has 0 bridgehead atoms. The van der Waals surface area contributed by atoms with Gasteiger partial charge in [0.2, 0.25) is 12.3 Å². The lowest BCUT2D eigenvalue weighted by molar-refractivity contribution is -0.133. The lowest BCUT2D eigenvalue weighted by atomic mass is 9.97. The number of aryl methyl sites for hydroxylation is 1. The van der Waals surface area contributed by atoms with Crippen LogP contribution in [0.4, 0.5) is 5.69 Å². The number of rotatable bonds is 10. The molecule has 1 fully saturated rings. The molecule has 0 aliphatic carbocycles. The summed E-state index contributed by atoms with van der Waals surface area (Å²) in [6, 6.07) is 5.43. The molecule has 7 nitrogen and oxygen atoms in total.